The first-order chi connectivity index (χ1) is 9.74. The molecule has 0 fully saturated rings. The van der Waals surface area contributed by atoms with Crippen molar-refractivity contribution in [2.24, 2.45) is 0 Å². The van der Waals surface area contributed by atoms with E-state index in [0.717, 1.165) is 16.8 Å². The number of sulfonamides is 1. The van der Waals surface area contributed by atoms with Crippen molar-refractivity contribution in [3.05, 3.63) is 18.1 Å². The number of nitrogens with zero attached hydrogens (tertiary/aromatic N) is 3. The molecular weight excluding hydrogens is 314 g/mol. The quantitative estimate of drug-likeness (QED) is 0.873. The lowest BCUT2D eigenvalue weighted by molar-refractivity contribution is -0.114. The summed E-state index contributed by atoms with van der Waals surface area (Å²) in [4.78, 5) is 23.9. The molecule has 2 aromatic rings. The van der Waals surface area contributed by atoms with Crippen molar-refractivity contribution >= 4 is 38.3 Å². The van der Waals surface area contributed by atoms with E-state index in [-0.39, 0.29) is 11.9 Å². The Hall–Kier alpha value is -2.07. The van der Waals surface area contributed by atoms with Crippen molar-refractivity contribution in [2.45, 2.75) is 13.8 Å². The number of amides is 1. The van der Waals surface area contributed by atoms with Gasteiger partial charge in [-0.3, -0.25) is 9.52 Å². The second-order valence-electron chi connectivity index (χ2n) is 4.28. The molecular formula is C11H13N5O3S2. The van der Waals surface area contributed by atoms with Gasteiger partial charge in [-0.2, -0.15) is 0 Å². The Morgan fingerprint density at radius 2 is 1.90 bits per heavy atom. The van der Waals surface area contributed by atoms with E-state index in [0.29, 0.717) is 10.7 Å². The van der Waals surface area contributed by atoms with Crippen LogP contribution in [0, 0.1) is 6.92 Å². The molecule has 2 N–H and O–H groups in total. The van der Waals surface area contributed by atoms with Gasteiger partial charge < -0.3 is 5.32 Å². The molecule has 0 radical (unpaired) electrons. The number of carbonyl (C=O) groups excluding carboxylic acids is 1. The fourth-order valence-corrected chi connectivity index (χ4v) is 2.96. The van der Waals surface area contributed by atoms with Gasteiger partial charge in [-0.15, -0.1) is 0 Å². The number of rotatable bonds is 4. The molecule has 0 aromatic carbocycles. The van der Waals surface area contributed by atoms with Gasteiger partial charge in [-0.05, 0) is 6.92 Å². The van der Waals surface area contributed by atoms with E-state index in [1.807, 2.05) is 0 Å². The Morgan fingerprint density at radius 3 is 2.43 bits per heavy atom. The topological polar surface area (TPSA) is 114 Å². The standard InChI is InChI=1S/C11H13N5O3S2/c1-6-9(20-11(14-6)15-7(2)17)8-4-12-10(13-5-8)16-21(3,18)19/h4-5H,1-3H3,(H,12,13,16)(H,14,15,17). The van der Waals surface area contributed by atoms with Gasteiger partial charge in [0.25, 0.3) is 0 Å². The Labute approximate surface area is 125 Å². The summed E-state index contributed by atoms with van der Waals surface area (Å²) < 4.78 is 24.3. The summed E-state index contributed by atoms with van der Waals surface area (Å²) in [6.45, 7) is 3.21. The summed E-state index contributed by atoms with van der Waals surface area (Å²) in [5.41, 5.74) is 1.43. The van der Waals surface area contributed by atoms with Crippen LogP contribution < -0.4 is 10.0 Å². The van der Waals surface area contributed by atoms with Gasteiger partial charge in [0.05, 0.1) is 16.8 Å². The molecule has 0 aliphatic rings. The van der Waals surface area contributed by atoms with Crippen molar-refractivity contribution in [3.8, 4) is 10.4 Å². The molecule has 2 rings (SSSR count). The maximum Gasteiger partial charge on any atom is 0.236 e. The van der Waals surface area contributed by atoms with Gasteiger partial charge in [0.15, 0.2) is 5.13 Å². The van der Waals surface area contributed by atoms with Crippen molar-refractivity contribution in [1.82, 2.24) is 15.0 Å². The van der Waals surface area contributed by atoms with Gasteiger partial charge in [-0.25, -0.2) is 23.4 Å². The normalized spacial score (nSPS) is 11.2. The van der Waals surface area contributed by atoms with Crippen molar-refractivity contribution in [2.75, 3.05) is 16.3 Å². The van der Waals surface area contributed by atoms with Gasteiger partial charge in [0, 0.05) is 24.9 Å². The number of anilines is 2. The zero-order chi connectivity index (χ0) is 15.6. The number of nitrogens with one attached hydrogen (secondary N) is 2. The molecule has 0 aliphatic carbocycles. The average molecular weight is 327 g/mol. The maximum absolute atomic E-state index is 11.1. The van der Waals surface area contributed by atoms with Crippen molar-refractivity contribution < 1.29 is 13.2 Å². The van der Waals surface area contributed by atoms with E-state index in [1.165, 1.54) is 30.7 Å². The predicted octanol–water partition coefficient (Wildman–Crippen LogP) is 1.24. The minimum atomic E-state index is -3.40. The first-order valence-corrected chi connectivity index (χ1v) is 8.50. The lowest BCUT2D eigenvalue weighted by Crippen LogP contribution is -2.11. The van der Waals surface area contributed by atoms with Gasteiger partial charge in [0.2, 0.25) is 21.9 Å². The molecule has 21 heavy (non-hydrogen) atoms. The zero-order valence-electron chi connectivity index (χ0n) is 11.5. The van der Waals surface area contributed by atoms with E-state index in [1.54, 1.807) is 6.92 Å². The Morgan fingerprint density at radius 1 is 1.29 bits per heavy atom. The summed E-state index contributed by atoms with van der Waals surface area (Å²) in [5.74, 6) is -0.190. The fraction of sp³-hybridized carbons (Fsp3) is 0.273. The molecule has 2 heterocycles. The van der Waals surface area contributed by atoms with E-state index < -0.39 is 10.0 Å². The van der Waals surface area contributed by atoms with E-state index >= 15 is 0 Å². The van der Waals surface area contributed by atoms with Crippen LogP contribution in [0.3, 0.4) is 0 Å². The Bertz CT molecular complexity index is 768. The number of hydrogen-bond acceptors (Lipinski definition) is 7. The lowest BCUT2D eigenvalue weighted by atomic mass is 10.2. The van der Waals surface area contributed by atoms with Crippen LogP contribution in [0.25, 0.3) is 10.4 Å². The second-order valence-corrected chi connectivity index (χ2v) is 7.03. The Balaban J connectivity index is 2.26. The molecule has 0 aliphatic heterocycles. The maximum atomic E-state index is 11.1. The lowest BCUT2D eigenvalue weighted by Gasteiger charge is -2.02. The number of aryl methyl sites for hydroxylation is 1. The number of carbonyl (C=O) groups is 1. The smallest absolute Gasteiger partial charge is 0.236 e. The SMILES string of the molecule is CC(=O)Nc1nc(C)c(-c2cnc(NS(C)(=O)=O)nc2)s1. The third-order valence-corrected chi connectivity index (χ3v) is 3.95. The molecule has 10 heteroatoms. The van der Waals surface area contributed by atoms with Crippen molar-refractivity contribution in [3.63, 3.8) is 0 Å². The van der Waals surface area contributed by atoms with Crippen LogP contribution in [-0.2, 0) is 14.8 Å². The predicted molar refractivity (Wildman–Crippen MR) is 80.6 cm³/mol. The van der Waals surface area contributed by atoms with Crippen LogP contribution in [0.4, 0.5) is 11.1 Å². The summed E-state index contributed by atoms with van der Waals surface area (Å²) >= 11 is 1.30. The van der Waals surface area contributed by atoms with Gasteiger partial charge >= 0.3 is 0 Å². The number of hydrogen-bond donors (Lipinski definition) is 2. The molecule has 1 amide bonds. The van der Waals surface area contributed by atoms with E-state index in [2.05, 4.69) is 25.0 Å². The Kier molecular flexibility index (Phi) is 4.19. The highest BCUT2D eigenvalue weighted by atomic mass is 32.2. The van der Waals surface area contributed by atoms with Crippen LogP contribution in [0.1, 0.15) is 12.6 Å². The highest BCUT2D eigenvalue weighted by molar-refractivity contribution is 7.91. The summed E-state index contributed by atoms with van der Waals surface area (Å²) in [7, 11) is -3.40. The fourth-order valence-electron chi connectivity index (χ4n) is 1.53. The zero-order valence-corrected chi connectivity index (χ0v) is 13.2. The number of thiazole rings is 1. The minimum absolute atomic E-state index is 0.00510. The van der Waals surface area contributed by atoms with Gasteiger partial charge in [0.1, 0.15) is 0 Å². The van der Waals surface area contributed by atoms with E-state index in [9.17, 15) is 13.2 Å². The highest BCUT2D eigenvalue weighted by Gasteiger charge is 2.12. The van der Waals surface area contributed by atoms with Crippen LogP contribution >= 0.6 is 11.3 Å². The monoisotopic (exact) mass is 327 g/mol. The van der Waals surface area contributed by atoms with Crippen LogP contribution in [0.15, 0.2) is 12.4 Å². The molecule has 8 nitrogen and oxygen atoms in total. The molecule has 0 spiro atoms. The molecule has 0 atom stereocenters. The molecule has 0 saturated heterocycles. The molecule has 0 unspecified atom stereocenters. The largest absolute Gasteiger partial charge is 0.302 e. The number of aromatic nitrogens is 3. The van der Waals surface area contributed by atoms with Crippen LogP contribution in [0.5, 0.6) is 0 Å². The molecule has 0 saturated carbocycles. The first kappa shape index (κ1) is 15.3. The first-order valence-electron chi connectivity index (χ1n) is 5.80. The third kappa shape index (κ3) is 4.20. The average Bonchev–Trinajstić information content (AvgIpc) is 2.68. The summed E-state index contributed by atoms with van der Waals surface area (Å²) in [6.07, 6.45) is 4.02. The molecule has 2 aromatic heterocycles. The van der Waals surface area contributed by atoms with Crippen LogP contribution in [0.2, 0.25) is 0 Å². The highest BCUT2D eigenvalue weighted by Crippen LogP contribution is 2.32. The summed E-state index contributed by atoms with van der Waals surface area (Å²) in [5, 5.41) is 3.11. The van der Waals surface area contributed by atoms with Crippen molar-refractivity contribution in [1.29, 1.82) is 0 Å². The third-order valence-electron chi connectivity index (χ3n) is 2.27. The van der Waals surface area contributed by atoms with E-state index in [4.69, 9.17) is 0 Å². The summed E-state index contributed by atoms with van der Waals surface area (Å²) in [6, 6.07) is 0. The molecule has 0 bridgehead atoms. The second kappa shape index (κ2) is 5.74. The minimum Gasteiger partial charge on any atom is -0.302 e. The molecule has 112 valence electrons. The van der Waals surface area contributed by atoms with Crippen LogP contribution in [-0.4, -0.2) is 35.5 Å². The van der Waals surface area contributed by atoms with Gasteiger partial charge in [-0.1, -0.05) is 11.3 Å².